The molecule has 298 valence electrons. The number of hydrogen-bond donors (Lipinski definition) is 2. The SMILES string of the molecule is CCC(=O)O.CCCCCCCCCCCCCCCCCCC(CCCCCCCCCCCCCCCCCC)C(=O)SC(C)C(=O)O. The first kappa shape index (κ1) is 51.1. The van der Waals surface area contributed by atoms with Crippen molar-refractivity contribution < 1.29 is 24.6 Å². The Balaban J connectivity index is 0. The fourth-order valence-corrected chi connectivity index (χ4v) is 7.46. The highest BCUT2D eigenvalue weighted by molar-refractivity contribution is 8.14. The predicted octanol–water partition coefficient (Wildman–Crippen LogP) is 15.1. The van der Waals surface area contributed by atoms with Gasteiger partial charge in [-0.05, 0) is 19.8 Å². The fourth-order valence-electron chi connectivity index (χ4n) is 6.58. The molecule has 6 heteroatoms. The van der Waals surface area contributed by atoms with E-state index in [1.54, 1.807) is 13.8 Å². The lowest BCUT2D eigenvalue weighted by atomic mass is 9.95. The predicted molar refractivity (Wildman–Crippen MR) is 219 cm³/mol. The van der Waals surface area contributed by atoms with Crippen molar-refractivity contribution in [3.63, 3.8) is 0 Å². The molecule has 50 heavy (non-hydrogen) atoms. The molecule has 0 aliphatic carbocycles. The average Bonchev–Trinajstić information content (AvgIpc) is 3.10. The van der Waals surface area contributed by atoms with E-state index in [1.165, 1.54) is 193 Å². The maximum absolute atomic E-state index is 12.9. The summed E-state index contributed by atoms with van der Waals surface area (Å²) in [4.78, 5) is 33.6. The summed E-state index contributed by atoms with van der Waals surface area (Å²) in [7, 11) is 0. The van der Waals surface area contributed by atoms with Gasteiger partial charge in [0.2, 0.25) is 0 Å². The highest BCUT2D eigenvalue weighted by Gasteiger charge is 2.23. The van der Waals surface area contributed by atoms with Crippen LogP contribution in [-0.4, -0.2) is 32.5 Å². The third kappa shape index (κ3) is 41.4. The molecule has 1 unspecified atom stereocenters. The molecule has 0 fully saturated rings. The molecular formula is C44H86O5S. The molecule has 2 N–H and O–H groups in total. The first-order valence-electron chi connectivity index (χ1n) is 21.9. The molecule has 0 aliphatic rings. The van der Waals surface area contributed by atoms with E-state index in [2.05, 4.69) is 13.8 Å². The normalized spacial score (nSPS) is 11.8. The van der Waals surface area contributed by atoms with Gasteiger partial charge in [0.15, 0.2) is 5.12 Å². The second-order valence-electron chi connectivity index (χ2n) is 15.0. The minimum Gasteiger partial charge on any atom is -0.481 e. The Morgan fingerprint density at radius 2 is 0.640 bits per heavy atom. The number of thioether (sulfide) groups is 1. The number of carboxylic acids is 2. The summed E-state index contributed by atoms with van der Waals surface area (Å²) in [6, 6.07) is 0. The lowest BCUT2D eigenvalue weighted by Gasteiger charge is -2.16. The maximum Gasteiger partial charge on any atom is 0.316 e. The molecule has 0 heterocycles. The van der Waals surface area contributed by atoms with Crippen molar-refractivity contribution in [1.82, 2.24) is 0 Å². The van der Waals surface area contributed by atoms with Crippen LogP contribution in [0.25, 0.3) is 0 Å². The van der Waals surface area contributed by atoms with E-state index in [0.717, 1.165) is 37.4 Å². The van der Waals surface area contributed by atoms with Gasteiger partial charge in [0, 0.05) is 12.3 Å². The van der Waals surface area contributed by atoms with Gasteiger partial charge in [-0.25, -0.2) is 0 Å². The summed E-state index contributed by atoms with van der Waals surface area (Å²) < 4.78 is 0. The molecule has 0 radical (unpaired) electrons. The van der Waals surface area contributed by atoms with Crippen LogP contribution < -0.4 is 0 Å². The number of hydrogen-bond acceptors (Lipinski definition) is 4. The van der Waals surface area contributed by atoms with Crippen molar-refractivity contribution in [1.29, 1.82) is 0 Å². The lowest BCUT2D eigenvalue weighted by molar-refractivity contribution is -0.137. The van der Waals surface area contributed by atoms with Gasteiger partial charge in [-0.2, -0.15) is 0 Å². The summed E-state index contributed by atoms with van der Waals surface area (Å²) in [5.41, 5.74) is 0. The Hall–Kier alpha value is -1.04. The van der Waals surface area contributed by atoms with Gasteiger partial charge >= 0.3 is 11.9 Å². The highest BCUT2D eigenvalue weighted by Crippen LogP contribution is 2.27. The zero-order chi connectivity index (χ0) is 37.3. The summed E-state index contributed by atoms with van der Waals surface area (Å²) in [6.07, 6.45) is 45.6. The standard InChI is InChI=1S/C41H80O3S.C3H6O2/c1-4-6-8-10-12-14-16-18-20-22-24-26-28-30-32-34-36-39(41(44)45-38(3)40(42)43)37-35-33-31-29-27-25-23-21-19-17-15-13-11-9-7-5-2;1-2-3(4)5/h38-39H,4-37H2,1-3H3,(H,42,43);2H2,1H3,(H,4,5). The largest absolute Gasteiger partial charge is 0.481 e. The van der Waals surface area contributed by atoms with E-state index in [-0.39, 0.29) is 17.5 Å². The summed E-state index contributed by atoms with van der Waals surface area (Å²) in [5.74, 6) is -1.59. The van der Waals surface area contributed by atoms with Crippen LogP contribution >= 0.6 is 11.8 Å². The fraction of sp³-hybridized carbons (Fsp3) is 0.932. The van der Waals surface area contributed by atoms with E-state index in [9.17, 15) is 19.5 Å². The first-order chi connectivity index (χ1) is 24.3. The monoisotopic (exact) mass is 727 g/mol. The van der Waals surface area contributed by atoms with Gasteiger partial charge in [0.05, 0.1) is 0 Å². The first-order valence-corrected chi connectivity index (χ1v) is 22.8. The number of carbonyl (C=O) groups excluding carboxylic acids is 1. The van der Waals surface area contributed by atoms with Crippen LogP contribution in [0.5, 0.6) is 0 Å². The maximum atomic E-state index is 12.9. The number of rotatable bonds is 38. The van der Waals surface area contributed by atoms with Crippen LogP contribution in [0, 0.1) is 5.92 Å². The van der Waals surface area contributed by atoms with Crippen LogP contribution in [0.15, 0.2) is 0 Å². The lowest BCUT2D eigenvalue weighted by Crippen LogP contribution is -2.19. The number of aliphatic carboxylic acids is 2. The van der Waals surface area contributed by atoms with Crippen molar-refractivity contribution in [2.24, 2.45) is 5.92 Å². The topological polar surface area (TPSA) is 91.7 Å². The van der Waals surface area contributed by atoms with Crippen molar-refractivity contribution in [3.05, 3.63) is 0 Å². The Morgan fingerprint density at radius 1 is 0.420 bits per heavy atom. The Kier molecular flexibility index (Phi) is 43.3. The second-order valence-corrected chi connectivity index (χ2v) is 16.4. The molecule has 0 aromatic rings. The van der Waals surface area contributed by atoms with Gasteiger partial charge in [-0.3, -0.25) is 14.4 Å². The molecule has 0 aliphatic heterocycles. The summed E-state index contributed by atoms with van der Waals surface area (Å²) in [5, 5.41) is 16.5. The second kappa shape index (κ2) is 42.4. The Morgan fingerprint density at radius 3 is 0.840 bits per heavy atom. The minimum atomic E-state index is -0.878. The molecule has 0 saturated carbocycles. The van der Waals surface area contributed by atoms with E-state index in [0.29, 0.717) is 0 Å². The van der Waals surface area contributed by atoms with Crippen LogP contribution in [0.3, 0.4) is 0 Å². The molecule has 0 saturated heterocycles. The zero-order valence-electron chi connectivity index (χ0n) is 33.9. The van der Waals surface area contributed by atoms with Gasteiger partial charge in [0.1, 0.15) is 5.25 Å². The van der Waals surface area contributed by atoms with Gasteiger partial charge in [-0.15, -0.1) is 0 Å². The van der Waals surface area contributed by atoms with Crippen molar-refractivity contribution in [2.75, 3.05) is 0 Å². The van der Waals surface area contributed by atoms with Gasteiger partial charge in [-0.1, -0.05) is 238 Å². The van der Waals surface area contributed by atoms with Crippen molar-refractivity contribution >= 4 is 28.8 Å². The molecule has 0 rings (SSSR count). The smallest absolute Gasteiger partial charge is 0.316 e. The number of unbranched alkanes of at least 4 members (excludes halogenated alkanes) is 30. The van der Waals surface area contributed by atoms with Gasteiger partial charge in [0.25, 0.3) is 0 Å². The van der Waals surface area contributed by atoms with Crippen molar-refractivity contribution in [3.8, 4) is 0 Å². The van der Waals surface area contributed by atoms with Crippen LogP contribution in [0.1, 0.15) is 252 Å². The molecule has 1 atom stereocenters. The third-order valence-electron chi connectivity index (χ3n) is 10.1. The number of carbonyl (C=O) groups is 3. The third-order valence-corrected chi connectivity index (χ3v) is 11.2. The quantitative estimate of drug-likeness (QED) is 0.0616. The molecule has 0 aromatic heterocycles. The average molecular weight is 727 g/mol. The van der Waals surface area contributed by atoms with Crippen LogP contribution in [-0.2, 0) is 14.4 Å². The summed E-state index contributed by atoms with van der Waals surface area (Å²) in [6.45, 7) is 7.81. The molecular weight excluding hydrogens is 641 g/mol. The van der Waals surface area contributed by atoms with Crippen LogP contribution in [0.2, 0.25) is 0 Å². The molecule has 0 bridgehead atoms. The van der Waals surface area contributed by atoms with E-state index in [4.69, 9.17) is 5.11 Å². The minimum absolute atomic E-state index is 0.0371. The zero-order valence-corrected chi connectivity index (χ0v) is 34.7. The van der Waals surface area contributed by atoms with E-state index in [1.807, 2.05) is 0 Å². The Bertz CT molecular complexity index is 691. The highest BCUT2D eigenvalue weighted by atomic mass is 32.2. The van der Waals surface area contributed by atoms with Crippen molar-refractivity contribution in [2.45, 2.75) is 258 Å². The van der Waals surface area contributed by atoms with E-state index < -0.39 is 17.2 Å². The molecule has 0 amide bonds. The van der Waals surface area contributed by atoms with E-state index >= 15 is 0 Å². The van der Waals surface area contributed by atoms with Gasteiger partial charge < -0.3 is 10.2 Å². The number of carboxylic acid groups (broad SMARTS) is 2. The molecule has 0 aromatic carbocycles. The summed E-state index contributed by atoms with van der Waals surface area (Å²) >= 11 is 1.05. The van der Waals surface area contributed by atoms with Crippen LogP contribution in [0.4, 0.5) is 0 Å². The molecule has 5 nitrogen and oxygen atoms in total. The molecule has 0 spiro atoms. The Labute approximate surface area is 316 Å².